The average Bonchev–Trinajstić information content (AvgIpc) is 2.82. The molecule has 0 aliphatic carbocycles. The average molecular weight is 232 g/mol. The van der Waals surface area contributed by atoms with Crippen LogP contribution in [0.3, 0.4) is 0 Å². The first-order valence-electron chi connectivity index (χ1n) is 6.07. The third-order valence-corrected chi connectivity index (χ3v) is 3.35. The molecule has 3 heterocycles. The van der Waals surface area contributed by atoms with Gasteiger partial charge < -0.3 is 15.0 Å². The molecule has 2 aromatic rings. The molecule has 1 saturated heterocycles. The van der Waals surface area contributed by atoms with Crippen LogP contribution < -0.4 is 4.90 Å². The van der Waals surface area contributed by atoms with Crippen molar-refractivity contribution in [1.82, 2.24) is 15.0 Å². The maximum Gasteiger partial charge on any atom is 0.205 e. The third kappa shape index (κ3) is 1.86. The van der Waals surface area contributed by atoms with Gasteiger partial charge in [-0.25, -0.2) is 4.98 Å². The molecule has 0 amide bonds. The Kier molecular flexibility index (Phi) is 2.68. The van der Waals surface area contributed by atoms with Gasteiger partial charge in [-0.05, 0) is 31.4 Å². The zero-order valence-corrected chi connectivity index (χ0v) is 9.63. The SMILES string of the molecule is OC[C@@H]1CCCCN1c1nc2ncccc2[nH]1. The Hall–Kier alpha value is -1.62. The van der Waals surface area contributed by atoms with Gasteiger partial charge in [-0.1, -0.05) is 0 Å². The van der Waals surface area contributed by atoms with Gasteiger partial charge in [0.1, 0.15) is 0 Å². The number of rotatable bonds is 2. The van der Waals surface area contributed by atoms with E-state index in [1.165, 1.54) is 6.42 Å². The lowest BCUT2D eigenvalue weighted by Gasteiger charge is -2.34. The number of hydrogen-bond acceptors (Lipinski definition) is 4. The van der Waals surface area contributed by atoms with Crippen molar-refractivity contribution in [3.8, 4) is 0 Å². The number of aromatic amines is 1. The molecule has 2 N–H and O–H groups in total. The van der Waals surface area contributed by atoms with Crippen molar-refractivity contribution in [2.45, 2.75) is 25.3 Å². The molecule has 17 heavy (non-hydrogen) atoms. The van der Waals surface area contributed by atoms with Crippen molar-refractivity contribution in [2.24, 2.45) is 0 Å². The highest BCUT2D eigenvalue weighted by molar-refractivity contribution is 5.73. The predicted octanol–water partition coefficient (Wildman–Crippen LogP) is 1.31. The summed E-state index contributed by atoms with van der Waals surface area (Å²) >= 11 is 0. The molecule has 90 valence electrons. The van der Waals surface area contributed by atoms with Gasteiger partial charge >= 0.3 is 0 Å². The third-order valence-electron chi connectivity index (χ3n) is 3.35. The van der Waals surface area contributed by atoms with Gasteiger partial charge in [0.15, 0.2) is 5.65 Å². The number of nitrogens with one attached hydrogen (secondary N) is 1. The van der Waals surface area contributed by atoms with E-state index in [0.29, 0.717) is 0 Å². The fourth-order valence-corrected chi connectivity index (χ4v) is 2.44. The zero-order valence-electron chi connectivity index (χ0n) is 9.63. The van der Waals surface area contributed by atoms with Crippen LogP contribution in [0.1, 0.15) is 19.3 Å². The van der Waals surface area contributed by atoms with E-state index < -0.39 is 0 Å². The minimum atomic E-state index is 0.185. The summed E-state index contributed by atoms with van der Waals surface area (Å²) in [6, 6.07) is 4.05. The molecular weight excluding hydrogens is 216 g/mol. The van der Waals surface area contributed by atoms with Crippen molar-refractivity contribution >= 4 is 17.1 Å². The highest BCUT2D eigenvalue weighted by atomic mass is 16.3. The number of piperidine rings is 1. The minimum absolute atomic E-state index is 0.185. The number of fused-ring (bicyclic) bond motifs is 1. The molecular formula is C12H16N4O. The molecule has 1 aliphatic heterocycles. The van der Waals surface area contributed by atoms with Gasteiger partial charge in [0.2, 0.25) is 5.95 Å². The smallest absolute Gasteiger partial charge is 0.205 e. The number of imidazole rings is 1. The number of nitrogens with zero attached hydrogens (tertiary/aromatic N) is 3. The van der Waals surface area contributed by atoms with Gasteiger partial charge in [-0.2, -0.15) is 4.98 Å². The number of H-pyrrole nitrogens is 1. The van der Waals surface area contributed by atoms with Gasteiger partial charge in [0.05, 0.1) is 18.2 Å². The molecule has 1 atom stereocenters. The molecule has 0 saturated carbocycles. The van der Waals surface area contributed by atoms with E-state index in [1.807, 2.05) is 12.1 Å². The van der Waals surface area contributed by atoms with E-state index in [1.54, 1.807) is 6.20 Å². The van der Waals surface area contributed by atoms with Crippen LogP contribution >= 0.6 is 0 Å². The highest BCUT2D eigenvalue weighted by Gasteiger charge is 2.24. The second kappa shape index (κ2) is 4.33. The van der Waals surface area contributed by atoms with Crippen LogP contribution in [-0.4, -0.2) is 39.3 Å². The number of anilines is 1. The summed E-state index contributed by atoms with van der Waals surface area (Å²) < 4.78 is 0. The summed E-state index contributed by atoms with van der Waals surface area (Å²) in [5.74, 6) is 0.831. The minimum Gasteiger partial charge on any atom is -0.394 e. The van der Waals surface area contributed by atoms with Crippen LogP contribution in [-0.2, 0) is 0 Å². The second-order valence-electron chi connectivity index (χ2n) is 4.46. The molecule has 3 rings (SSSR count). The summed E-state index contributed by atoms with van der Waals surface area (Å²) in [4.78, 5) is 14.1. The monoisotopic (exact) mass is 232 g/mol. The van der Waals surface area contributed by atoms with Crippen molar-refractivity contribution in [3.05, 3.63) is 18.3 Å². The summed E-state index contributed by atoms with van der Waals surface area (Å²) in [6.45, 7) is 1.13. The summed E-state index contributed by atoms with van der Waals surface area (Å²) in [6.07, 6.45) is 5.11. The van der Waals surface area contributed by atoms with Crippen molar-refractivity contribution in [3.63, 3.8) is 0 Å². The zero-order chi connectivity index (χ0) is 11.7. The van der Waals surface area contributed by atoms with Gasteiger partial charge in [-0.3, -0.25) is 0 Å². The Morgan fingerprint density at radius 2 is 2.41 bits per heavy atom. The van der Waals surface area contributed by atoms with Gasteiger partial charge in [-0.15, -0.1) is 0 Å². The second-order valence-corrected chi connectivity index (χ2v) is 4.46. The van der Waals surface area contributed by atoms with Crippen LogP contribution in [0.2, 0.25) is 0 Å². The molecule has 0 unspecified atom stereocenters. The fraction of sp³-hybridized carbons (Fsp3) is 0.500. The maximum atomic E-state index is 9.40. The lowest BCUT2D eigenvalue weighted by Crippen LogP contribution is -2.42. The Bertz CT molecular complexity index is 477. The Morgan fingerprint density at radius 3 is 3.24 bits per heavy atom. The Balaban J connectivity index is 1.96. The van der Waals surface area contributed by atoms with E-state index in [2.05, 4.69) is 19.9 Å². The first kappa shape index (κ1) is 10.5. The summed E-state index contributed by atoms with van der Waals surface area (Å²) in [5, 5.41) is 9.40. The molecule has 0 aromatic carbocycles. The largest absolute Gasteiger partial charge is 0.394 e. The summed E-state index contributed by atoms with van der Waals surface area (Å²) in [5.41, 5.74) is 1.69. The fourth-order valence-electron chi connectivity index (χ4n) is 2.44. The van der Waals surface area contributed by atoms with E-state index in [4.69, 9.17) is 0 Å². The standard InChI is InChI=1S/C12H16N4O/c17-8-9-4-1-2-7-16(9)12-14-10-5-3-6-13-11(10)15-12/h3,5-6,9,17H,1-2,4,7-8H2,(H,13,14,15)/t9-/m0/s1. The predicted molar refractivity (Wildman–Crippen MR) is 66.0 cm³/mol. The maximum absolute atomic E-state index is 9.40. The molecule has 0 radical (unpaired) electrons. The first-order valence-corrected chi connectivity index (χ1v) is 6.07. The van der Waals surface area contributed by atoms with Crippen LogP contribution in [0.25, 0.3) is 11.2 Å². The van der Waals surface area contributed by atoms with Crippen molar-refractivity contribution < 1.29 is 5.11 Å². The van der Waals surface area contributed by atoms with E-state index in [9.17, 15) is 5.11 Å². The molecule has 1 fully saturated rings. The quantitative estimate of drug-likeness (QED) is 0.819. The van der Waals surface area contributed by atoms with Crippen LogP contribution in [0.15, 0.2) is 18.3 Å². The molecule has 5 nitrogen and oxygen atoms in total. The van der Waals surface area contributed by atoms with Gasteiger partial charge in [0.25, 0.3) is 0 Å². The Morgan fingerprint density at radius 1 is 1.47 bits per heavy atom. The summed E-state index contributed by atoms with van der Waals surface area (Å²) in [7, 11) is 0. The Labute approximate surface area is 99.5 Å². The molecule has 5 heteroatoms. The lowest BCUT2D eigenvalue weighted by molar-refractivity contribution is 0.239. The number of aromatic nitrogens is 3. The molecule has 2 aromatic heterocycles. The van der Waals surface area contributed by atoms with E-state index >= 15 is 0 Å². The van der Waals surface area contributed by atoms with E-state index in [-0.39, 0.29) is 12.6 Å². The first-order chi connectivity index (χ1) is 8.38. The van der Waals surface area contributed by atoms with Crippen LogP contribution in [0, 0.1) is 0 Å². The number of aliphatic hydroxyl groups excluding tert-OH is 1. The van der Waals surface area contributed by atoms with E-state index in [0.717, 1.165) is 36.5 Å². The lowest BCUT2D eigenvalue weighted by atomic mass is 10.0. The van der Waals surface area contributed by atoms with Crippen LogP contribution in [0.5, 0.6) is 0 Å². The number of pyridine rings is 1. The van der Waals surface area contributed by atoms with Crippen molar-refractivity contribution in [2.75, 3.05) is 18.1 Å². The number of aliphatic hydroxyl groups is 1. The topological polar surface area (TPSA) is 65.0 Å². The van der Waals surface area contributed by atoms with Crippen molar-refractivity contribution in [1.29, 1.82) is 0 Å². The molecule has 0 bridgehead atoms. The highest BCUT2D eigenvalue weighted by Crippen LogP contribution is 2.23. The molecule has 0 spiro atoms. The van der Waals surface area contributed by atoms with Gasteiger partial charge in [0, 0.05) is 12.7 Å². The number of hydrogen-bond donors (Lipinski definition) is 2. The molecule has 1 aliphatic rings. The van der Waals surface area contributed by atoms with Crippen LogP contribution in [0.4, 0.5) is 5.95 Å². The normalized spacial score (nSPS) is 21.0.